The van der Waals surface area contributed by atoms with Crippen LogP contribution in [-0.4, -0.2) is 42.6 Å². The van der Waals surface area contributed by atoms with Crippen LogP contribution in [-0.2, 0) is 4.79 Å². The first-order chi connectivity index (χ1) is 9.34. The summed E-state index contributed by atoms with van der Waals surface area (Å²) in [5.74, 6) is 0.362. The van der Waals surface area contributed by atoms with Gasteiger partial charge in [-0.05, 0) is 0 Å². The number of carbonyl (C=O) groups is 1. The van der Waals surface area contributed by atoms with Gasteiger partial charge in [0.05, 0.1) is 0 Å². The number of aliphatic imine (C=N–C) groups is 1. The van der Waals surface area contributed by atoms with E-state index in [9.17, 15) is 4.79 Å². The Balaban J connectivity index is 1.71. The molecule has 2 saturated carbocycles. The van der Waals surface area contributed by atoms with Gasteiger partial charge >= 0.3 is 122 Å². The molecule has 1 aliphatic heterocycles. The van der Waals surface area contributed by atoms with Crippen LogP contribution in [0.5, 0.6) is 0 Å². The molecule has 0 N–H and O–H groups in total. The van der Waals surface area contributed by atoms with Gasteiger partial charge in [-0.3, -0.25) is 0 Å². The fraction of sp³-hybridized carbons (Fsp3) is 0.867. The van der Waals surface area contributed by atoms with Crippen LogP contribution in [0.1, 0.15) is 64.2 Å². The number of amides is 1. The molecular formula is C15H24N2OSe. The van der Waals surface area contributed by atoms with Gasteiger partial charge in [0.2, 0.25) is 0 Å². The molecule has 0 aromatic carbocycles. The van der Waals surface area contributed by atoms with Crippen molar-refractivity contribution in [3.63, 3.8) is 0 Å². The number of hydrogen-bond acceptors (Lipinski definition) is 2. The third kappa shape index (κ3) is 3.22. The van der Waals surface area contributed by atoms with E-state index in [4.69, 9.17) is 4.99 Å². The zero-order chi connectivity index (χ0) is 13.1. The minimum atomic E-state index is 0.311. The molecule has 19 heavy (non-hydrogen) atoms. The monoisotopic (exact) mass is 328 g/mol. The van der Waals surface area contributed by atoms with Crippen LogP contribution in [0.4, 0.5) is 0 Å². The molecule has 3 aliphatic rings. The Morgan fingerprint density at radius 3 is 2.26 bits per heavy atom. The van der Waals surface area contributed by atoms with Gasteiger partial charge in [0.15, 0.2) is 0 Å². The molecule has 0 unspecified atom stereocenters. The van der Waals surface area contributed by atoms with Crippen LogP contribution in [0.25, 0.3) is 0 Å². The van der Waals surface area contributed by atoms with E-state index in [0.717, 1.165) is 5.32 Å². The van der Waals surface area contributed by atoms with Crippen molar-refractivity contribution in [1.29, 1.82) is 0 Å². The minimum absolute atomic E-state index is 0.311. The van der Waals surface area contributed by atoms with E-state index in [1.165, 1.54) is 68.9 Å². The Hall–Kier alpha value is -0.341. The number of amidine groups is 1. The van der Waals surface area contributed by atoms with Gasteiger partial charge in [-0.25, -0.2) is 0 Å². The van der Waals surface area contributed by atoms with E-state index >= 15 is 0 Å². The predicted molar refractivity (Wildman–Crippen MR) is 78.6 cm³/mol. The molecule has 0 atom stereocenters. The third-order valence-corrected chi connectivity index (χ3v) is 6.60. The van der Waals surface area contributed by atoms with Gasteiger partial charge < -0.3 is 0 Å². The Morgan fingerprint density at radius 1 is 0.947 bits per heavy atom. The fourth-order valence-corrected chi connectivity index (χ4v) is 5.65. The average Bonchev–Trinajstić information content (AvgIpc) is 2.82. The Kier molecular flexibility index (Phi) is 4.60. The molecule has 0 spiro atoms. The van der Waals surface area contributed by atoms with E-state index in [1.54, 1.807) is 0 Å². The summed E-state index contributed by atoms with van der Waals surface area (Å²) in [5, 5.41) is 0.759. The Bertz CT molecular complexity index is 357. The van der Waals surface area contributed by atoms with Crippen molar-refractivity contribution in [3.05, 3.63) is 0 Å². The predicted octanol–water partition coefficient (Wildman–Crippen LogP) is 2.97. The summed E-state index contributed by atoms with van der Waals surface area (Å²) in [4.78, 5) is 19.3. The van der Waals surface area contributed by atoms with Gasteiger partial charge in [0.1, 0.15) is 0 Å². The second-order valence-electron chi connectivity index (χ2n) is 6.05. The van der Waals surface area contributed by atoms with Crippen molar-refractivity contribution in [2.24, 2.45) is 4.99 Å². The van der Waals surface area contributed by atoms with Gasteiger partial charge in [-0.1, -0.05) is 0 Å². The summed E-state index contributed by atoms with van der Waals surface area (Å²) < 4.78 is 1.19. The van der Waals surface area contributed by atoms with E-state index < -0.39 is 0 Å². The number of nitrogens with zero attached hydrogens (tertiary/aromatic N) is 2. The summed E-state index contributed by atoms with van der Waals surface area (Å²) in [6, 6.07) is 0.996. The number of carbonyl (C=O) groups excluding carboxylic acids is 1. The van der Waals surface area contributed by atoms with E-state index in [2.05, 4.69) is 4.90 Å². The van der Waals surface area contributed by atoms with Crippen molar-refractivity contribution < 1.29 is 4.79 Å². The SMILES string of the molecule is O=C1C[Se]C(=NC2CCCCC2)N1C1CCCCC1. The number of rotatable bonds is 2. The van der Waals surface area contributed by atoms with Crippen molar-refractivity contribution in [2.75, 3.05) is 0 Å². The molecule has 1 heterocycles. The zero-order valence-electron chi connectivity index (χ0n) is 11.6. The molecule has 0 radical (unpaired) electrons. The second kappa shape index (κ2) is 6.41. The van der Waals surface area contributed by atoms with Crippen LogP contribution >= 0.6 is 0 Å². The number of hydrogen-bond donors (Lipinski definition) is 0. The van der Waals surface area contributed by atoms with E-state index in [1.807, 2.05) is 0 Å². The maximum atomic E-state index is 12.2. The molecule has 0 aromatic heterocycles. The topological polar surface area (TPSA) is 32.7 Å². The Labute approximate surface area is 122 Å². The standard InChI is InChI=1S/C15H24N2OSe/c18-14-11-19-15(16-12-7-3-1-4-8-12)17(14)13-9-5-2-6-10-13/h12-13H,1-11H2. The Morgan fingerprint density at radius 2 is 1.58 bits per heavy atom. The molecule has 4 heteroatoms. The summed E-state index contributed by atoms with van der Waals surface area (Å²) in [7, 11) is 0. The fourth-order valence-electron chi connectivity index (χ4n) is 3.54. The summed E-state index contributed by atoms with van der Waals surface area (Å²) in [5.41, 5.74) is 0. The van der Waals surface area contributed by atoms with Gasteiger partial charge in [-0.15, -0.1) is 0 Å². The van der Waals surface area contributed by atoms with Crippen LogP contribution in [0, 0.1) is 0 Å². The molecule has 106 valence electrons. The summed E-state index contributed by atoms with van der Waals surface area (Å²) in [6.45, 7) is 0. The summed E-state index contributed by atoms with van der Waals surface area (Å²) >= 11 is 0.311. The molecule has 3 rings (SSSR count). The van der Waals surface area contributed by atoms with Crippen molar-refractivity contribution >= 4 is 25.6 Å². The first-order valence-electron chi connectivity index (χ1n) is 7.87. The first kappa shape index (κ1) is 13.6. The molecule has 1 saturated heterocycles. The molecule has 3 nitrogen and oxygen atoms in total. The molecule has 1 amide bonds. The van der Waals surface area contributed by atoms with E-state index in [-0.39, 0.29) is 0 Å². The van der Waals surface area contributed by atoms with Crippen LogP contribution in [0.2, 0.25) is 5.32 Å². The average molecular weight is 327 g/mol. The maximum absolute atomic E-state index is 12.2. The van der Waals surface area contributed by atoms with Gasteiger partial charge in [-0.2, -0.15) is 0 Å². The van der Waals surface area contributed by atoms with Crippen molar-refractivity contribution in [1.82, 2.24) is 4.90 Å². The van der Waals surface area contributed by atoms with Gasteiger partial charge in [0, 0.05) is 0 Å². The second-order valence-corrected chi connectivity index (χ2v) is 8.03. The van der Waals surface area contributed by atoms with E-state index in [0.29, 0.717) is 32.9 Å². The molecule has 0 aromatic rings. The van der Waals surface area contributed by atoms with Crippen molar-refractivity contribution in [2.45, 2.75) is 81.6 Å². The van der Waals surface area contributed by atoms with Crippen LogP contribution in [0.3, 0.4) is 0 Å². The van der Waals surface area contributed by atoms with Crippen LogP contribution < -0.4 is 0 Å². The first-order valence-corrected chi connectivity index (χ1v) is 9.94. The zero-order valence-corrected chi connectivity index (χ0v) is 13.4. The molecule has 2 aliphatic carbocycles. The summed E-state index contributed by atoms with van der Waals surface area (Å²) in [6.07, 6.45) is 12.8. The third-order valence-electron chi connectivity index (χ3n) is 4.61. The normalized spacial score (nSPS) is 29.4. The van der Waals surface area contributed by atoms with Crippen molar-refractivity contribution in [3.8, 4) is 0 Å². The molecule has 3 fully saturated rings. The van der Waals surface area contributed by atoms with Crippen LogP contribution in [0.15, 0.2) is 4.99 Å². The quantitative estimate of drug-likeness (QED) is 0.718. The molecular weight excluding hydrogens is 303 g/mol. The van der Waals surface area contributed by atoms with Gasteiger partial charge in [0.25, 0.3) is 0 Å². The molecule has 0 bridgehead atoms.